The minimum absolute atomic E-state index is 0.106. The third-order valence-corrected chi connectivity index (χ3v) is 12.4. The highest BCUT2D eigenvalue weighted by Crippen LogP contribution is 2.62. The Morgan fingerprint density at radius 1 is 0.906 bits per heavy atom. The van der Waals surface area contributed by atoms with E-state index in [1.54, 1.807) is 12.1 Å². The molecule has 0 unspecified atom stereocenters. The molecule has 284 valence electrons. The molecule has 0 heterocycles. The molecule has 2 saturated carbocycles. The van der Waals surface area contributed by atoms with Crippen LogP contribution in [0.2, 0.25) is 0 Å². The smallest absolute Gasteiger partial charge is 0.344 e. The first-order chi connectivity index (χ1) is 25.6. The second-order valence-corrected chi connectivity index (χ2v) is 16.3. The van der Waals surface area contributed by atoms with E-state index in [0.29, 0.717) is 47.2 Å². The van der Waals surface area contributed by atoms with E-state index in [1.807, 2.05) is 18.2 Å². The van der Waals surface area contributed by atoms with Gasteiger partial charge in [0.2, 0.25) is 0 Å². The first-order valence-electron chi connectivity index (χ1n) is 19.4. The van der Waals surface area contributed by atoms with Gasteiger partial charge in [0.1, 0.15) is 11.9 Å². The number of aryl methyl sites for hydroxylation is 2. The Morgan fingerprint density at radius 3 is 2.34 bits per heavy atom. The van der Waals surface area contributed by atoms with Gasteiger partial charge in [-0.15, -0.1) is 23.2 Å². The third kappa shape index (κ3) is 9.05. The van der Waals surface area contributed by atoms with Crippen LogP contribution in [0.3, 0.4) is 0 Å². The minimum atomic E-state index is -0.463. The van der Waals surface area contributed by atoms with Gasteiger partial charge in [0.15, 0.2) is 6.61 Å². The molecule has 0 radical (unpaired) electrons. The highest BCUT2D eigenvalue weighted by Gasteiger charge is 2.56. The van der Waals surface area contributed by atoms with Crippen molar-refractivity contribution in [2.45, 2.75) is 96.5 Å². The van der Waals surface area contributed by atoms with Gasteiger partial charge in [-0.1, -0.05) is 57.2 Å². The van der Waals surface area contributed by atoms with E-state index in [4.69, 9.17) is 37.4 Å². The van der Waals surface area contributed by atoms with Crippen LogP contribution in [0.15, 0.2) is 66.7 Å². The van der Waals surface area contributed by atoms with Gasteiger partial charge in [-0.2, -0.15) is 0 Å². The van der Waals surface area contributed by atoms with Crippen LogP contribution in [0.4, 0.5) is 5.69 Å². The van der Waals surface area contributed by atoms with Gasteiger partial charge in [-0.25, -0.2) is 9.59 Å². The van der Waals surface area contributed by atoms with Crippen molar-refractivity contribution in [3.63, 3.8) is 0 Å². The topological polar surface area (TPSA) is 82.1 Å². The Labute approximate surface area is 324 Å². The summed E-state index contributed by atoms with van der Waals surface area (Å²) in [5.41, 5.74) is 6.39. The third-order valence-electron chi connectivity index (χ3n) is 12.1. The van der Waals surface area contributed by atoms with Crippen molar-refractivity contribution in [2.75, 3.05) is 36.4 Å². The van der Waals surface area contributed by atoms with Crippen molar-refractivity contribution in [1.29, 1.82) is 0 Å². The fraction of sp³-hybridized carbons (Fsp3) is 0.523. The van der Waals surface area contributed by atoms with Crippen molar-refractivity contribution in [1.82, 2.24) is 0 Å². The van der Waals surface area contributed by atoms with Crippen LogP contribution in [-0.4, -0.2) is 55.5 Å². The molecule has 6 rings (SSSR count). The number of hydrogen-bond acceptors (Lipinski definition) is 7. The van der Waals surface area contributed by atoms with E-state index >= 15 is 0 Å². The lowest BCUT2D eigenvalue weighted by atomic mass is 9.55. The second-order valence-electron chi connectivity index (χ2n) is 15.6. The Hall–Kier alpha value is -3.55. The van der Waals surface area contributed by atoms with E-state index in [-0.39, 0.29) is 42.4 Å². The average Bonchev–Trinajstić information content (AvgIpc) is 3.49. The number of rotatable bonds is 15. The number of anilines is 1. The molecule has 0 aromatic heterocycles. The summed E-state index contributed by atoms with van der Waals surface area (Å²) in [4.78, 5) is 40.7. The van der Waals surface area contributed by atoms with Crippen molar-refractivity contribution < 1.29 is 28.6 Å². The molecule has 7 nitrogen and oxygen atoms in total. The van der Waals surface area contributed by atoms with Crippen molar-refractivity contribution in [3.05, 3.63) is 94.5 Å². The fourth-order valence-electron chi connectivity index (χ4n) is 9.32. The van der Waals surface area contributed by atoms with E-state index < -0.39 is 5.97 Å². The number of carbonyl (C=O) groups is 3. The first kappa shape index (κ1) is 39.2. The molecule has 53 heavy (non-hydrogen) atoms. The summed E-state index contributed by atoms with van der Waals surface area (Å²) < 4.78 is 17.4. The molecule has 5 atom stereocenters. The lowest BCUT2D eigenvalue weighted by Gasteiger charge is -2.50. The number of hydrogen-bond donors (Lipinski definition) is 0. The Morgan fingerprint density at radius 2 is 1.64 bits per heavy atom. The van der Waals surface area contributed by atoms with Crippen LogP contribution in [0.25, 0.3) is 0 Å². The highest BCUT2D eigenvalue weighted by molar-refractivity contribution is 6.18. The maximum atomic E-state index is 13.0. The first-order valence-corrected chi connectivity index (χ1v) is 20.4. The Kier molecular flexibility index (Phi) is 13.1. The van der Waals surface area contributed by atoms with Crippen LogP contribution < -0.4 is 9.64 Å². The summed E-state index contributed by atoms with van der Waals surface area (Å²) in [6, 6.07) is 21.8. The second kappa shape index (κ2) is 17.7. The standard InChI is InChI=1S/C44H53Cl2NO6/c1-29(2)36-27-37-32(26-39(36)52-43(50)31-9-5-4-6-10-31)14-17-35-34(37)20-21-44(3)38(35)18-19-40(44)53-42(49)28-51-41(48)11-7-8-30-12-15-33(16-13-30)47(24-22-45)25-23-46/h4-6,9-10,12-13,15-16,26-27,29,34-35,38,40H,7-8,11,14,17-25,28H2,1-3H3/t34-,35+,38-,40-,44-/m0/s1. The molecular weight excluding hydrogens is 709 g/mol. The molecular formula is C44H53Cl2NO6. The van der Waals surface area contributed by atoms with Gasteiger partial charge in [0.25, 0.3) is 0 Å². The number of benzene rings is 3. The van der Waals surface area contributed by atoms with Crippen molar-refractivity contribution in [3.8, 4) is 5.75 Å². The molecule has 0 spiro atoms. The Bertz CT molecular complexity index is 1720. The monoisotopic (exact) mass is 761 g/mol. The maximum absolute atomic E-state index is 13.0. The number of carbonyl (C=O) groups excluding carboxylic acids is 3. The summed E-state index contributed by atoms with van der Waals surface area (Å²) in [6.07, 6.45) is 7.27. The number of nitrogens with zero attached hydrogens (tertiary/aromatic N) is 1. The predicted octanol–water partition coefficient (Wildman–Crippen LogP) is 9.65. The number of alkyl halides is 2. The summed E-state index contributed by atoms with van der Waals surface area (Å²) >= 11 is 11.9. The van der Waals surface area contributed by atoms with Gasteiger partial charge in [-0.3, -0.25) is 4.79 Å². The molecule has 0 N–H and O–H groups in total. The zero-order valence-corrected chi connectivity index (χ0v) is 32.8. The molecule has 3 aromatic carbocycles. The maximum Gasteiger partial charge on any atom is 0.344 e. The number of ether oxygens (including phenoxy) is 3. The molecule has 2 fully saturated rings. The van der Waals surface area contributed by atoms with Crippen LogP contribution in [0.5, 0.6) is 5.75 Å². The molecule has 0 aliphatic heterocycles. The number of fused-ring (bicyclic) bond motifs is 5. The summed E-state index contributed by atoms with van der Waals surface area (Å²) in [7, 11) is 0. The minimum Gasteiger partial charge on any atom is -0.459 e. The van der Waals surface area contributed by atoms with E-state index in [2.05, 4.69) is 62.1 Å². The van der Waals surface area contributed by atoms with Crippen LogP contribution in [0, 0.1) is 17.3 Å². The van der Waals surface area contributed by atoms with E-state index in [0.717, 1.165) is 74.8 Å². The summed E-state index contributed by atoms with van der Waals surface area (Å²) in [5, 5.41) is 0. The zero-order valence-electron chi connectivity index (χ0n) is 31.3. The van der Waals surface area contributed by atoms with Crippen molar-refractivity contribution in [2.24, 2.45) is 17.3 Å². The van der Waals surface area contributed by atoms with Gasteiger partial charge in [0, 0.05) is 42.4 Å². The average molecular weight is 763 g/mol. The fourth-order valence-corrected chi connectivity index (χ4v) is 9.73. The summed E-state index contributed by atoms with van der Waals surface area (Å²) in [5.74, 6) is 2.15. The molecule has 0 saturated heterocycles. The molecule has 0 amide bonds. The van der Waals surface area contributed by atoms with E-state index in [9.17, 15) is 14.4 Å². The Balaban J connectivity index is 0.996. The predicted molar refractivity (Wildman–Crippen MR) is 210 cm³/mol. The number of esters is 3. The van der Waals surface area contributed by atoms with Gasteiger partial charge < -0.3 is 19.1 Å². The highest BCUT2D eigenvalue weighted by atomic mass is 35.5. The van der Waals surface area contributed by atoms with E-state index in [1.165, 1.54) is 11.1 Å². The normalized spacial score (nSPS) is 23.1. The van der Waals surface area contributed by atoms with Crippen LogP contribution >= 0.6 is 23.2 Å². The largest absolute Gasteiger partial charge is 0.459 e. The zero-order chi connectivity index (χ0) is 37.5. The summed E-state index contributed by atoms with van der Waals surface area (Å²) in [6.45, 7) is 7.71. The SMILES string of the molecule is CC(C)c1cc2c(cc1OC(=O)c1ccccc1)CC[C@@H]1[C@@H]2CC[C@]2(C)[C@@H](OC(=O)COC(=O)CCCc3ccc(N(CCCl)CCCl)cc3)CC[C@@H]12. The molecule has 9 heteroatoms. The molecule has 3 aromatic rings. The van der Waals surface area contributed by atoms with Crippen LogP contribution in [0.1, 0.15) is 110 Å². The van der Waals surface area contributed by atoms with Gasteiger partial charge in [0.05, 0.1) is 5.56 Å². The molecule has 3 aliphatic carbocycles. The van der Waals surface area contributed by atoms with Crippen molar-refractivity contribution >= 4 is 46.8 Å². The van der Waals surface area contributed by atoms with Gasteiger partial charge >= 0.3 is 17.9 Å². The quantitative estimate of drug-likeness (QED) is 0.0867. The lowest BCUT2D eigenvalue weighted by Crippen LogP contribution is -2.45. The molecule has 0 bridgehead atoms. The molecule has 3 aliphatic rings. The van der Waals surface area contributed by atoms with Gasteiger partial charge in [-0.05, 0) is 128 Å². The van der Waals surface area contributed by atoms with Crippen LogP contribution in [-0.2, 0) is 31.9 Å². The lowest BCUT2D eigenvalue weighted by molar-refractivity contribution is -0.168. The number of halogens is 2.